The van der Waals surface area contributed by atoms with Gasteiger partial charge in [0, 0.05) is 18.8 Å². The number of hydrogen-bond acceptors (Lipinski definition) is 3. The van der Waals surface area contributed by atoms with Crippen molar-refractivity contribution >= 4 is 11.6 Å². The van der Waals surface area contributed by atoms with E-state index in [0.717, 1.165) is 17.0 Å². The van der Waals surface area contributed by atoms with Crippen molar-refractivity contribution < 1.29 is 14.3 Å². The summed E-state index contributed by atoms with van der Waals surface area (Å²) in [5.41, 5.74) is 2.01. The Balaban J connectivity index is 1.91. The Kier molecular flexibility index (Phi) is 6.24. The first kappa shape index (κ1) is 17.9. The van der Waals surface area contributed by atoms with E-state index in [1.807, 2.05) is 55.5 Å². The van der Waals surface area contributed by atoms with E-state index in [9.17, 15) is 4.79 Å². The third kappa shape index (κ3) is 5.30. The van der Waals surface area contributed by atoms with Gasteiger partial charge in [-0.2, -0.15) is 0 Å². The van der Waals surface area contributed by atoms with Gasteiger partial charge in [0.2, 0.25) is 0 Å². The molecule has 0 aliphatic heterocycles. The minimum atomic E-state index is -0.104. The molecule has 0 aliphatic carbocycles. The highest BCUT2D eigenvalue weighted by molar-refractivity contribution is 5.93. The molecule has 128 valence electrons. The van der Waals surface area contributed by atoms with Crippen LogP contribution in [0.3, 0.4) is 0 Å². The van der Waals surface area contributed by atoms with Crippen LogP contribution in [-0.4, -0.2) is 26.2 Å². The monoisotopic (exact) mass is 327 g/mol. The van der Waals surface area contributed by atoms with Gasteiger partial charge in [-0.15, -0.1) is 0 Å². The van der Waals surface area contributed by atoms with Gasteiger partial charge in [0.25, 0.3) is 5.91 Å². The molecule has 0 heterocycles. The van der Waals surface area contributed by atoms with Crippen LogP contribution in [0.4, 0.5) is 5.69 Å². The van der Waals surface area contributed by atoms with Crippen LogP contribution < -0.4 is 14.4 Å². The van der Waals surface area contributed by atoms with Gasteiger partial charge in [0.05, 0.1) is 6.61 Å². The van der Waals surface area contributed by atoms with E-state index in [4.69, 9.17) is 9.47 Å². The zero-order chi connectivity index (χ0) is 17.5. The maximum absolute atomic E-state index is 12.3. The van der Waals surface area contributed by atoms with Gasteiger partial charge in [-0.25, -0.2) is 0 Å². The molecular formula is C20H25NO3. The van der Waals surface area contributed by atoms with Crippen molar-refractivity contribution in [3.05, 3.63) is 54.1 Å². The third-order valence-electron chi connectivity index (χ3n) is 3.55. The lowest BCUT2D eigenvalue weighted by atomic mass is 10.2. The highest BCUT2D eigenvalue weighted by Gasteiger charge is 2.12. The van der Waals surface area contributed by atoms with Gasteiger partial charge in [-0.3, -0.25) is 4.79 Å². The Morgan fingerprint density at radius 1 is 1.04 bits per heavy atom. The van der Waals surface area contributed by atoms with E-state index in [-0.39, 0.29) is 12.5 Å². The third-order valence-corrected chi connectivity index (χ3v) is 3.55. The molecule has 0 bridgehead atoms. The van der Waals surface area contributed by atoms with Crippen LogP contribution >= 0.6 is 0 Å². The molecule has 4 heteroatoms. The maximum atomic E-state index is 12.3. The smallest absolute Gasteiger partial charge is 0.264 e. The molecule has 0 unspecified atom stereocenters. The molecule has 0 saturated carbocycles. The number of carbonyl (C=O) groups excluding carboxylic acids is 1. The molecule has 2 aromatic rings. The van der Waals surface area contributed by atoms with Gasteiger partial charge in [-0.1, -0.05) is 37.6 Å². The van der Waals surface area contributed by atoms with Gasteiger partial charge in [0.1, 0.15) is 11.5 Å². The number of benzene rings is 2. The molecule has 0 atom stereocenters. The summed E-state index contributed by atoms with van der Waals surface area (Å²) in [4.78, 5) is 13.9. The van der Waals surface area contributed by atoms with Crippen molar-refractivity contribution in [1.29, 1.82) is 0 Å². The Labute approximate surface area is 144 Å². The molecule has 4 nitrogen and oxygen atoms in total. The van der Waals surface area contributed by atoms with Gasteiger partial charge in [-0.05, 0) is 37.1 Å². The first-order valence-corrected chi connectivity index (χ1v) is 8.14. The Morgan fingerprint density at radius 3 is 2.29 bits per heavy atom. The minimum absolute atomic E-state index is 0.0159. The second-order valence-electron chi connectivity index (χ2n) is 6.26. The first-order chi connectivity index (χ1) is 11.5. The SMILES string of the molecule is Cc1ccc(N(C)C(=O)COc2cccc(OCC(C)C)c2)cc1. The largest absolute Gasteiger partial charge is 0.493 e. The number of rotatable bonds is 7. The second kappa shape index (κ2) is 8.39. The number of ether oxygens (including phenoxy) is 2. The fourth-order valence-corrected chi connectivity index (χ4v) is 2.07. The standard InChI is InChI=1S/C20H25NO3/c1-15(2)13-23-18-6-5-7-19(12-18)24-14-20(22)21(4)17-10-8-16(3)9-11-17/h5-12,15H,13-14H2,1-4H3. The van der Waals surface area contributed by atoms with E-state index in [2.05, 4.69) is 13.8 Å². The predicted octanol–water partition coefficient (Wildman–Crippen LogP) is 4.07. The van der Waals surface area contributed by atoms with E-state index >= 15 is 0 Å². The van der Waals surface area contributed by atoms with E-state index in [0.29, 0.717) is 18.3 Å². The normalized spacial score (nSPS) is 10.5. The van der Waals surface area contributed by atoms with Crippen LogP contribution in [0.2, 0.25) is 0 Å². The summed E-state index contributed by atoms with van der Waals surface area (Å²) in [7, 11) is 1.75. The van der Waals surface area contributed by atoms with Gasteiger partial charge < -0.3 is 14.4 Å². The lowest BCUT2D eigenvalue weighted by molar-refractivity contribution is -0.120. The number of amides is 1. The fraction of sp³-hybridized carbons (Fsp3) is 0.350. The number of hydrogen-bond donors (Lipinski definition) is 0. The van der Waals surface area contributed by atoms with Crippen molar-refractivity contribution in [3.63, 3.8) is 0 Å². The Bertz CT molecular complexity index is 665. The molecule has 0 N–H and O–H groups in total. The molecule has 0 aliphatic rings. The molecule has 0 fully saturated rings. The zero-order valence-corrected chi connectivity index (χ0v) is 14.8. The molecular weight excluding hydrogens is 302 g/mol. The summed E-state index contributed by atoms with van der Waals surface area (Å²) in [6.07, 6.45) is 0. The minimum Gasteiger partial charge on any atom is -0.493 e. The van der Waals surface area contributed by atoms with Crippen molar-refractivity contribution in [1.82, 2.24) is 0 Å². The van der Waals surface area contributed by atoms with Crippen molar-refractivity contribution in [2.75, 3.05) is 25.2 Å². The second-order valence-corrected chi connectivity index (χ2v) is 6.26. The van der Waals surface area contributed by atoms with Gasteiger partial charge >= 0.3 is 0 Å². The molecule has 0 saturated heterocycles. The summed E-state index contributed by atoms with van der Waals surface area (Å²) < 4.78 is 11.3. The highest BCUT2D eigenvalue weighted by atomic mass is 16.5. The highest BCUT2D eigenvalue weighted by Crippen LogP contribution is 2.20. The van der Waals surface area contributed by atoms with Crippen LogP contribution in [0.5, 0.6) is 11.5 Å². The number of anilines is 1. The Morgan fingerprint density at radius 2 is 1.67 bits per heavy atom. The number of carbonyl (C=O) groups is 1. The van der Waals surface area contributed by atoms with Crippen LogP contribution in [0.1, 0.15) is 19.4 Å². The molecule has 2 rings (SSSR count). The van der Waals surface area contributed by atoms with Crippen LogP contribution in [0.15, 0.2) is 48.5 Å². The summed E-state index contributed by atoms with van der Waals surface area (Å²) in [5.74, 6) is 1.73. The van der Waals surface area contributed by atoms with E-state index in [1.165, 1.54) is 0 Å². The first-order valence-electron chi connectivity index (χ1n) is 8.14. The average molecular weight is 327 g/mol. The summed E-state index contributed by atoms with van der Waals surface area (Å²) in [5, 5.41) is 0. The molecule has 0 spiro atoms. The van der Waals surface area contributed by atoms with Crippen molar-refractivity contribution in [2.24, 2.45) is 5.92 Å². The maximum Gasteiger partial charge on any atom is 0.264 e. The topological polar surface area (TPSA) is 38.8 Å². The fourth-order valence-electron chi connectivity index (χ4n) is 2.07. The summed E-state index contributed by atoms with van der Waals surface area (Å²) in [6, 6.07) is 15.2. The van der Waals surface area contributed by atoms with Crippen LogP contribution in [0.25, 0.3) is 0 Å². The lowest BCUT2D eigenvalue weighted by Gasteiger charge is -2.18. The molecule has 0 radical (unpaired) electrons. The Hall–Kier alpha value is -2.49. The lowest BCUT2D eigenvalue weighted by Crippen LogP contribution is -2.31. The van der Waals surface area contributed by atoms with Crippen LogP contribution in [-0.2, 0) is 4.79 Å². The van der Waals surface area contributed by atoms with E-state index in [1.54, 1.807) is 11.9 Å². The molecule has 1 amide bonds. The quantitative estimate of drug-likeness (QED) is 0.769. The number of nitrogens with zero attached hydrogens (tertiary/aromatic N) is 1. The zero-order valence-electron chi connectivity index (χ0n) is 14.8. The molecule has 0 aromatic heterocycles. The van der Waals surface area contributed by atoms with Crippen molar-refractivity contribution in [2.45, 2.75) is 20.8 Å². The number of likely N-dealkylation sites (N-methyl/N-ethyl adjacent to an activating group) is 1. The predicted molar refractivity (Wildman–Crippen MR) is 96.9 cm³/mol. The van der Waals surface area contributed by atoms with Crippen molar-refractivity contribution in [3.8, 4) is 11.5 Å². The average Bonchev–Trinajstić information content (AvgIpc) is 2.58. The molecule has 24 heavy (non-hydrogen) atoms. The van der Waals surface area contributed by atoms with Crippen LogP contribution in [0, 0.1) is 12.8 Å². The molecule has 2 aromatic carbocycles. The number of aryl methyl sites for hydroxylation is 1. The summed E-state index contributed by atoms with van der Waals surface area (Å²) >= 11 is 0. The van der Waals surface area contributed by atoms with E-state index < -0.39 is 0 Å². The summed E-state index contributed by atoms with van der Waals surface area (Å²) in [6.45, 7) is 6.85. The van der Waals surface area contributed by atoms with Gasteiger partial charge in [0.15, 0.2) is 6.61 Å².